The first-order valence-corrected chi connectivity index (χ1v) is 6.33. The van der Waals surface area contributed by atoms with Crippen molar-refractivity contribution in [3.05, 3.63) is 32.3 Å². The lowest BCUT2D eigenvalue weighted by Gasteiger charge is -1.99. The lowest BCUT2D eigenvalue weighted by atomic mass is 10.1. The number of aromatic nitrogens is 1. The van der Waals surface area contributed by atoms with Crippen LogP contribution in [0.25, 0.3) is 10.9 Å². The van der Waals surface area contributed by atoms with Crippen LogP contribution in [0.2, 0.25) is 0 Å². The fourth-order valence-corrected chi connectivity index (χ4v) is 3.28. The Balaban J connectivity index is 2.48. The van der Waals surface area contributed by atoms with E-state index in [1.54, 1.807) is 0 Å². The zero-order chi connectivity index (χ0) is 9.71. The molecule has 0 spiro atoms. The van der Waals surface area contributed by atoms with Crippen molar-refractivity contribution in [3.63, 3.8) is 0 Å². The van der Waals surface area contributed by atoms with Crippen molar-refractivity contribution < 1.29 is 0 Å². The van der Waals surface area contributed by atoms with Crippen LogP contribution < -0.4 is 0 Å². The zero-order valence-corrected chi connectivity index (χ0v) is 10.7. The average Bonchev–Trinajstić information content (AvgIpc) is 2.70. The zero-order valence-electron chi connectivity index (χ0n) is 7.53. The summed E-state index contributed by atoms with van der Waals surface area (Å²) >= 11 is 7.20. The van der Waals surface area contributed by atoms with E-state index in [9.17, 15) is 0 Å². The van der Waals surface area contributed by atoms with Gasteiger partial charge in [-0.1, -0.05) is 15.9 Å². The molecule has 0 fully saturated rings. The third kappa shape index (κ3) is 1.12. The van der Waals surface area contributed by atoms with Gasteiger partial charge in [0, 0.05) is 20.0 Å². The first-order valence-electron chi connectivity index (χ1n) is 4.75. The van der Waals surface area contributed by atoms with Gasteiger partial charge in [-0.2, -0.15) is 0 Å². The van der Waals surface area contributed by atoms with Crippen molar-refractivity contribution in [1.82, 2.24) is 4.98 Å². The van der Waals surface area contributed by atoms with Gasteiger partial charge in [0.1, 0.15) is 0 Å². The van der Waals surface area contributed by atoms with Crippen molar-refractivity contribution in [2.45, 2.75) is 19.3 Å². The summed E-state index contributed by atoms with van der Waals surface area (Å²) in [4.78, 5) is 3.51. The lowest BCUT2D eigenvalue weighted by molar-refractivity contribution is 0.898. The minimum absolute atomic E-state index is 1.16. The van der Waals surface area contributed by atoms with Gasteiger partial charge in [0.2, 0.25) is 0 Å². The highest BCUT2D eigenvalue weighted by Crippen LogP contribution is 2.37. The number of nitrogens with one attached hydrogen (secondary N) is 1. The van der Waals surface area contributed by atoms with Gasteiger partial charge in [-0.05, 0) is 52.9 Å². The number of hydrogen-bond donors (Lipinski definition) is 1. The van der Waals surface area contributed by atoms with E-state index in [4.69, 9.17) is 0 Å². The first-order chi connectivity index (χ1) is 6.77. The van der Waals surface area contributed by atoms with Crippen LogP contribution >= 0.6 is 31.9 Å². The van der Waals surface area contributed by atoms with E-state index in [1.807, 2.05) is 0 Å². The molecule has 3 rings (SSSR count). The van der Waals surface area contributed by atoms with Gasteiger partial charge in [0.15, 0.2) is 0 Å². The highest BCUT2D eigenvalue weighted by atomic mass is 79.9. The molecule has 1 heterocycles. The van der Waals surface area contributed by atoms with E-state index in [-0.39, 0.29) is 0 Å². The monoisotopic (exact) mass is 313 g/mol. The Morgan fingerprint density at radius 2 is 1.86 bits per heavy atom. The standard InChI is InChI=1S/C11H9Br2N/c12-7-4-5-8(13)11-10(7)6-2-1-3-9(6)14-11/h4-5,14H,1-3H2. The predicted molar refractivity (Wildman–Crippen MR) is 65.7 cm³/mol. The number of benzene rings is 1. The van der Waals surface area contributed by atoms with Crippen LogP contribution in [0.3, 0.4) is 0 Å². The number of fused-ring (bicyclic) bond motifs is 3. The lowest BCUT2D eigenvalue weighted by Crippen LogP contribution is -1.79. The summed E-state index contributed by atoms with van der Waals surface area (Å²) in [6.07, 6.45) is 3.70. The SMILES string of the molecule is Brc1ccc(Br)c2c3c([nH]c12)CCC3. The summed E-state index contributed by atoms with van der Waals surface area (Å²) in [5, 5.41) is 1.37. The Morgan fingerprint density at radius 3 is 2.71 bits per heavy atom. The molecule has 72 valence electrons. The topological polar surface area (TPSA) is 15.8 Å². The molecule has 2 aromatic rings. The fourth-order valence-electron chi connectivity index (χ4n) is 2.28. The molecule has 1 aliphatic carbocycles. The maximum absolute atomic E-state index is 3.62. The summed E-state index contributed by atoms with van der Waals surface area (Å²) in [6.45, 7) is 0. The van der Waals surface area contributed by atoms with Crippen molar-refractivity contribution in [2.75, 3.05) is 0 Å². The molecule has 0 aliphatic heterocycles. The predicted octanol–water partition coefficient (Wildman–Crippen LogP) is 4.18. The van der Waals surface area contributed by atoms with E-state index in [2.05, 4.69) is 49.0 Å². The van der Waals surface area contributed by atoms with Crippen LogP contribution in [0, 0.1) is 0 Å². The molecule has 0 amide bonds. The highest BCUT2D eigenvalue weighted by molar-refractivity contribution is 9.11. The largest absolute Gasteiger partial charge is 0.357 e. The van der Waals surface area contributed by atoms with Crippen LogP contribution in [0.4, 0.5) is 0 Å². The van der Waals surface area contributed by atoms with Gasteiger partial charge in [-0.15, -0.1) is 0 Å². The van der Waals surface area contributed by atoms with Crippen LogP contribution in [-0.4, -0.2) is 4.98 Å². The Labute approximate surface area is 99.1 Å². The van der Waals surface area contributed by atoms with E-state index >= 15 is 0 Å². The Morgan fingerprint density at radius 1 is 1.07 bits per heavy atom. The van der Waals surface area contributed by atoms with E-state index in [1.165, 1.54) is 45.9 Å². The van der Waals surface area contributed by atoms with Gasteiger partial charge in [0.25, 0.3) is 0 Å². The summed E-state index contributed by atoms with van der Waals surface area (Å²) < 4.78 is 2.36. The second kappa shape index (κ2) is 3.11. The summed E-state index contributed by atoms with van der Waals surface area (Å²) in [5.74, 6) is 0. The molecule has 1 aromatic heterocycles. The van der Waals surface area contributed by atoms with Crippen molar-refractivity contribution >= 4 is 42.8 Å². The molecule has 1 N–H and O–H groups in total. The maximum Gasteiger partial charge on any atom is 0.0614 e. The molecule has 0 saturated heterocycles. The third-order valence-corrected chi connectivity index (χ3v) is 4.22. The molecular weight excluding hydrogens is 306 g/mol. The molecule has 3 heteroatoms. The quantitative estimate of drug-likeness (QED) is 0.751. The van der Waals surface area contributed by atoms with E-state index < -0.39 is 0 Å². The number of halogens is 2. The van der Waals surface area contributed by atoms with Crippen LogP contribution in [-0.2, 0) is 12.8 Å². The molecule has 0 atom stereocenters. The number of rotatable bonds is 0. The Kier molecular flexibility index (Phi) is 1.99. The Bertz CT molecular complexity index is 513. The smallest absolute Gasteiger partial charge is 0.0614 e. The fraction of sp³-hybridized carbons (Fsp3) is 0.273. The minimum atomic E-state index is 1.16. The maximum atomic E-state index is 3.62. The molecule has 0 radical (unpaired) electrons. The molecular formula is C11H9Br2N. The highest BCUT2D eigenvalue weighted by Gasteiger charge is 2.19. The molecule has 1 nitrogen and oxygen atoms in total. The first kappa shape index (κ1) is 8.98. The van der Waals surface area contributed by atoms with Gasteiger partial charge in [-0.25, -0.2) is 0 Å². The number of aryl methyl sites for hydroxylation is 2. The molecule has 1 aromatic carbocycles. The average molecular weight is 315 g/mol. The normalized spacial score (nSPS) is 15.0. The van der Waals surface area contributed by atoms with Crippen LogP contribution in [0.5, 0.6) is 0 Å². The van der Waals surface area contributed by atoms with E-state index in [0.29, 0.717) is 0 Å². The molecule has 0 unspecified atom stereocenters. The molecule has 14 heavy (non-hydrogen) atoms. The van der Waals surface area contributed by atoms with Gasteiger partial charge in [0.05, 0.1) is 5.52 Å². The van der Waals surface area contributed by atoms with Crippen LogP contribution in [0.15, 0.2) is 21.1 Å². The van der Waals surface area contributed by atoms with Gasteiger partial charge in [-0.3, -0.25) is 0 Å². The summed E-state index contributed by atoms with van der Waals surface area (Å²) in [7, 11) is 0. The second-order valence-electron chi connectivity index (χ2n) is 3.71. The summed E-state index contributed by atoms with van der Waals surface area (Å²) in [5.41, 5.74) is 4.17. The van der Waals surface area contributed by atoms with Crippen molar-refractivity contribution in [1.29, 1.82) is 0 Å². The van der Waals surface area contributed by atoms with Gasteiger partial charge < -0.3 is 4.98 Å². The van der Waals surface area contributed by atoms with Crippen molar-refractivity contribution in [2.24, 2.45) is 0 Å². The summed E-state index contributed by atoms with van der Waals surface area (Å²) in [6, 6.07) is 4.19. The molecule has 0 saturated carbocycles. The third-order valence-electron chi connectivity index (χ3n) is 2.90. The molecule has 1 aliphatic rings. The van der Waals surface area contributed by atoms with Gasteiger partial charge >= 0.3 is 0 Å². The number of aromatic amines is 1. The minimum Gasteiger partial charge on any atom is -0.357 e. The second-order valence-corrected chi connectivity index (χ2v) is 5.42. The Hall–Kier alpha value is -0.280. The van der Waals surface area contributed by atoms with Crippen LogP contribution in [0.1, 0.15) is 17.7 Å². The molecule has 0 bridgehead atoms. The number of hydrogen-bond acceptors (Lipinski definition) is 0. The van der Waals surface area contributed by atoms with Crippen molar-refractivity contribution in [3.8, 4) is 0 Å². The van der Waals surface area contributed by atoms with E-state index in [0.717, 1.165) is 4.47 Å². The number of H-pyrrole nitrogens is 1.